The van der Waals surface area contributed by atoms with Gasteiger partial charge in [0.15, 0.2) is 0 Å². The van der Waals surface area contributed by atoms with Crippen molar-refractivity contribution in [2.45, 2.75) is 13.3 Å². The summed E-state index contributed by atoms with van der Waals surface area (Å²) in [5.74, 6) is -0.772. The quantitative estimate of drug-likeness (QED) is 0.775. The van der Waals surface area contributed by atoms with Crippen molar-refractivity contribution in [3.8, 4) is 11.5 Å². The molecule has 18 heavy (non-hydrogen) atoms. The van der Waals surface area contributed by atoms with Gasteiger partial charge in [-0.1, -0.05) is 0 Å². The van der Waals surface area contributed by atoms with Crippen LogP contribution in [0.4, 0.5) is 5.69 Å². The first-order chi connectivity index (χ1) is 8.47. The van der Waals surface area contributed by atoms with Crippen LogP contribution in [0, 0.1) is 6.92 Å². The number of amides is 1. The molecule has 98 valence electrons. The van der Waals surface area contributed by atoms with Gasteiger partial charge in [0.2, 0.25) is 5.91 Å². The van der Waals surface area contributed by atoms with Crippen molar-refractivity contribution in [3.05, 3.63) is 17.7 Å². The molecule has 1 aromatic rings. The van der Waals surface area contributed by atoms with Gasteiger partial charge in [-0.25, -0.2) is 0 Å². The second-order valence-corrected chi connectivity index (χ2v) is 3.64. The van der Waals surface area contributed by atoms with E-state index in [4.69, 9.17) is 14.6 Å². The number of methoxy groups -OCH3 is 2. The number of carboxylic acid groups (broad SMARTS) is 1. The van der Waals surface area contributed by atoms with Crippen LogP contribution in [0.25, 0.3) is 0 Å². The van der Waals surface area contributed by atoms with E-state index in [1.165, 1.54) is 14.2 Å². The number of carbonyl (C=O) groups excluding carboxylic acids is 1. The lowest BCUT2D eigenvalue weighted by molar-refractivity contribution is -0.139. The van der Waals surface area contributed by atoms with Crippen molar-refractivity contribution in [2.24, 2.45) is 0 Å². The number of benzene rings is 1. The van der Waals surface area contributed by atoms with Crippen LogP contribution < -0.4 is 14.8 Å². The van der Waals surface area contributed by atoms with Crippen LogP contribution in [0.15, 0.2) is 12.1 Å². The third-order valence-corrected chi connectivity index (χ3v) is 2.30. The molecule has 0 bridgehead atoms. The Hall–Kier alpha value is -2.24. The number of aryl methyl sites for hydroxylation is 1. The molecule has 0 saturated carbocycles. The summed E-state index contributed by atoms with van der Waals surface area (Å²) in [6, 6.07) is 3.29. The van der Waals surface area contributed by atoms with Gasteiger partial charge in [0.05, 0.1) is 19.9 Å². The molecular weight excluding hydrogens is 238 g/mol. The molecule has 0 aliphatic rings. The first-order valence-electron chi connectivity index (χ1n) is 5.22. The predicted octanol–water partition coefficient (Wildman–Crippen LogP) is 1.43. The fraction of sp³-hybridized carbons (Fsp3) is 0.333. The van der Waals surface area contributed by atoms with Gasteiger partial charge >= 0.3 is 5.97 Å². The number of hydrogen-bond donors (Lipinski definition) is 2. The monoisotopic (exact) mass is 253 g/mol. The Morgan fingerprint density at radius 3 is 2.33 bits per heavy atom. The molecule has 6 heteroatoms. The van der Waals surface area contributed by atoms with Gasteiger partial charge < -0.3 is 19.9 Å². The lowest BCUT2D eigenvalue weighted by Crippen LogP contribution is -2.16. The zero-order chi connectivity index (χ0) is 13.7. The Balaban J connectivity index is 2.99. The van der Waals surface area contributed by atoms with Crippen molar-refractivity contribution >= 4 is 17.6 Å². The standard InChI is InChI=1S/C12H15NO5/c1-7-4-10(18-3)8(5-9(7)17-2)13-11(14)6-12(15)16/h4-5H,6H2,1-3H3,(H,13,14)(H,15,16). The normalized spacial score (nSPS) is 9.72. The van der Waals surface area contributed by atoms with Crippen LogP contribution in [-0.2, 0) is 9.59 Å². The molecular formula is C12H15NO5. The van der Waals surface area contributed by atoms with Crippen LogP contribution in [0.1, 0.15) is 12.0 Å². The van der Waals surface area contributed by atoms with Gasteiger partial charge in [0, 0.05) is 6.07 Å². The SMILES string of the molecule is COc1cc(NC(=O)CC(=O)O)c(OC)cc1C. The fourth-order valence-corrected chi connectivity index (χ4v) is 1.48. The lowest BCUT2D eigenvalue weighted by atomic mass is 10.2. The van der Waals surface area contributed by atoms with E-state index >= 15 is 0 Å². The minimum absolute atomic E-state index is 0.381. The molecule has 0 atom stereocenters. The molecule has 0 unspecified atom stereocenters. The fourth-order valence-electron chi connectivity index (χ4n) is 1.48. The summed E-state index contributed by atoms with van der Waals surface area (Å²) in [5.41, 5.74) is 1.23. The number of hydrogen-bond acceptors (Lipinski definition) is 4. The molecule has 0 saturated heterocycles. The van der Waals surface area contributed by atoms with Crippen molar-refractivity contribution in [2.75, 3.05) is 19.5 Å². The van der Waals surface area contributed by atoms with Crippen LogP contribution in [0.2, 0.25) is 0 Å². The molecule has 1 rings (SSSR count). The Kier molecular flexibility index (Phi) is 4.53. The van der Waals surface area contributed by atoms with Gasteiger partial charge in [-0.2, -0.15) is 0 Å². The van der Waals surface area contributed by atoms with Crippen molar-refractivity contribution in [1.29, 1.82) is 0 Å². The van der Waals surface area contributed by atoms with E-state index in [2.05, 4.69) is 5.32 Å². The Morgan fingerprint density at radius 2 is 1.83 bits per heavy atom. The summed E-state index contributed by atoms with van der Waals surface area (Å²) in [6.07, 6.45) is -0.598. The third-order valence-electron chi connectivity index (χ3n) is 2.30. The summed E-state index contributed by atoms with van der Waals surface area (Å²) in [4.78, 5) is 21.8. The molecule has 0 fully saturated rings. The number of aliphatic carboxylic acids is 1. The van der Waals surface area contributed by atoms with Crippen LogP contribution in [-0.4, -0.2) is 31.2 Å². The van der Waals surface area contributed by atoms with Crippen molar-refractivity contribution in [1.82, 2.24) is 0 Å². The van der Waals surface area contributed by atoms with Crippen molar-refractivity contribution < 1.29 is 24.2 Å². The summed E-state index contributed by atoms with van der Waals surface area (Å²) in [5, 5.41) is 11.0. The Morgan fingerprint density at radius 1 is 1.22 bits per heavy atom. The number of anilines is 1. The average Bonchev–Trinajstić information content (AvgIpc) is 2.29. The molecule has 1 amide bonds. The highest BCUT2D eigenvalue weighted by molar-refractivity contribution is 6.02. The number of rotatable bonds is 5. The second kappa shape index (κ2) is 5.90. The van der Waals surface area contributed by atoms with E-state index in [1.807, 2.05) is 6.92 Å². The molecule has 0 spiro atoms. The van der Waals surface area contributed by atoms with E-state index in [9.17, 15) is 9.59 Å². The second-order valence-electron chi connectivity index (χ2n) is 3.64. The maximum Gasteiger partial charge on any atom is 0.312 e. The highest BCUT2D eigenvalue weighted by Crippen LogP contribution is 2.32. The zero-order valence-electron chi connectivity index (χ0n) is 10.4. The van der Waals surface area contributed by atoms with E-state index < -0.39 is 18.3 Å². The summed E-state index contributed by atoms with van der Waals surface area (Å²) in [6.45, 7) is 1.84. The Labute approximate surface area is 105 Å². The van der Waals surface area contributed by atoms with Gasteiger partial charge in [-0.15, -0.1) is 0 Å². The summed E-state index contributed by atoms with van der Waals surface area (Å²) < 4.78 is 10.2. The number of nitrogens with one attached hydrogen (secondary N) is 1. The predicted molar refractivity (Wildman–Crippen MR) is 65.2 cm³/mol. The first kappa shape index (κ1) is 13.8. The van der Waals surface area contributed by atoms with Gasteiger partial charge in [0.25, 0.3) is 0 Å². The zero-order valence-corrected chi connectivity index (χ0v) is 10.4. The van der Waals surface area contributed by atoms with Gasteiger partial charge in [-0.3, -0.25) is 9.59 Å². The number of ether oxygens (including phenoxy) is 2. The number of carboxylic acids is 1. The molecule has 1 aromatic carbocycles. The van der Waals surface area contributed by atoms with E-state index in [0.717, 1.165) is 5.56 Å². The van der Waals surface area contributed by atoms with E-state index in [0.29, 0.717) is 17.2 Å². The lowest BCUT2D eigenvalue weighted by Gasteiger charge is -2.13. The first-order valence-corrected chi connectivity index (χ1v) is 5.22. The smallest absolute Gasteiger partial charge is 0.312 e. The van der Waals surface area contributed by atoms with Crippen LogP contribution >= 0.6 is 0 Å². The van der Waals surface area contributed by atoms with Gasteiger partial charge in [0.1, 0.15) is 17.9 Å². The van der Waals surface area contributed by atoms with Crippen LogP contribution in [0.3, 0.4) is 0 Å². The van der Waals surface area contributed by atoms with Crippen molar-refractivity contribution in [3.63, 3.8) is 0 Å². The topological polar surface area (TPSA) is 84.9 Å². The van der Waals surface area contributed by atoms with Crippen LogP contribution in [0.5, 0.6) is 11.5 Å². The molecule has 0 aliphatic carbocycles. The molecule has 0 aliphatic heterocycles. The maximum atomic E-state index is 11.4. The number of carbonyl (C=O) groups is 2. The van der Waals surface area contributed by atoms with E-state index in [-0.39, 0.29) is 0 Å². The molecule has 0 radical (unpaired) electrons. The molecule has 2 N–H and O–H groups in total. The molecule has 0 heterocycles. The van der Waals surface area contributed by atoms with E-state index in [1.54, 1.807) is 12.1 Å². The average molecular weight is 253 g/mol. The largest absolute Gasteiger partial charge is 0.496 e. The molecule has 6 nitrogen and oxygen atoms in total. The Bertz CT molecular complexity index is 470. The summed E-state index contributed by atoms with van der Waals surface area (Å²) >= 11 is 0. The summed E-state index contributed by atoms with van der Waals surface area (Å²) in [7, 11) is 2.98. The minimum Gasteiger partial charge on any atom is -0.496 e. The van der Waals surface area contributed by atoms with Gasteiger partial charge in [-0.05, 0) is 18.6 Å². The minimum atomic E-state index is -1.19. The highest BCUT2D eigenvalue weighted by atomic mass is 16.5. The molecule has 0 aromatic heterocycles. The third kappa shape index (κ3) is 3.38. The highest BCUT2D eigenvalue weighted by Gasteiger charge is 2.13. The maximum absolute atomic E-state index is 11.4.